The Labute approximate surface area is 182 Å². The number of piperidine rings is 1. The van der Waals surface area contributed by atoms with Crippen LogP contribution in [0.5, 0.6) is 0 Å². The van der Waals surface area contributed by atoms with E-state index in [1.165, 1.54) is 25.9 Å². The van der Waals surface area contributed by atoms with Crippen LogP contribution < -0.4 is 0 Å². The van der Waals surface area contributed by atoms with Crippen molar-refractivity contribution in [2.24, 2.45) is 0 Å². The molecule has 0 atom stereocenters. The van der Waals surface area contributed by atoms with Gasteiger partial charge < -0.3 is 14.2 Å². The number of likely N-dealkylation sites (tertiary alicyclic amines) is 2. The zero-order valence-corrected chi connectivity index (χ0v) is 18.0. The molecule has 3 heterocycles. The Bertz CT molecular complexity index is 1050. The second-order valence-corrected chi connectivity index (χ2v) is 8.63. The first-order chi connectivity index (χ1) is 15.2. The van der Waals surface area contributed by atoms with Gasteiger partial charge in [0.1, 0.15) is 0 Å². The molecular formula is C25H28N4O2. The van der Waals surface area contributed by atoms with Crippen molar-refractivity contribution >= 4 is 5.91 Å². The van der Waals surface area contributed by atoms with Crippen LogP contribution in [-0.2, 0) is 0 Å². The molecule has 0 N–H and O–H groups in total. The first kappa shape index (κ1) is 19.9. The third-order valence-electron chi connectivity index (χ3n) is 6.48. The van der Waals surface area contributed by atoms with Crippen LogP contribution in [0.25, 0.3) is 22.9 Å². The molecule has 1 aromatic heterocycles. The summed E-state index contributed by atoms with van der Waals surface area (Å²) < 4.78 is 5.87. The average Bonchev–Trinajstić information content (AvgIpc) is 3.52. The minimum atomic E-state index is 0.109. The highest BCUT2D eigenvalue weighted by Gasteiger charge is 2.28. The SMILES string of the molecule is Cc1cccc(-c2nnc(-c3ccc(C(=O)N4CCC(N5CCCC5)CC4)cc3)o2)c1. The molecule has 6 heteroatoms. The Hall–Kier alpha value is -2.99. The van der Waals surface area contributed by atoms with Gasteiger partial charge in [0, 0.05) is 35.8 Å². The van der Waals surface area contributed by atoms with Crippen molar-refractivity contribution in [3.8, 4) is 22.9 Å². The fourth-order valence-electron chi connectivity index (χ4n) is 4.71. The molecule has 6 nitrogen and oxygen atoms in total. The highest BCUT2D eigenvalue weighted by atomic mass is 16.4. The number of nitrogens with zero attached hydrogens (tertiary/aromatic N) is 4. The number of hydrogen-bond acceptors (Lipinski definition) is 5. The van der Waals surface area contributed by atoms with E-state index in [1.54, 1.807) is 0 Å². The largest absolute Gasteiger partial charge is 0.416 e. The van der Waals surface area contributed by atoms with Gasteiger partial charge in [0.25, 0.3) is 5.91 Å². The van der Waals surface area contributed by atoms with Crippen LogP contribution >= 0.6 is 0 Å². The lowest BCUT2D eigenvalue weighted by molar-refractivity contribution is 0.0644. The van der Waals surface area contributed by atoms with E-state index < -0.39 is 0 Å². The lowest BCUT2D eigenvalue weighted by Crippen LogP contribution is -2.45. The third kappa shape index (κ3) is 4.26. The van der Waals surface area contributed by atoms with Gasteiger partial charge in [-0.05, 0) is 82.1 Å². The first-order valence-corrected chi connectivity index (χ1v) is 11.2. The van der Waals surface area contributed by atoms with E-state index in [1.807, 2.05) is 60.4 Å². The van der Waals surface area contributed by atoms with Gasteiger partial charge in [-0.15, -0.1) is 10.2 Å². The molecule has 2 aromatic carbocycles. The molecule has 0 radical (unpaired) electrons. The lowest BCUT2D eigenvalue weighted by atomic mass is 10.0. The maximum atomic E-state index is 13.0. The molecule has 0 spiro atoms. The summed E-state index contributed by atoms with van der Waals surface area (Å²) >= 11 is 0. The van der Waals surface area contributed by atoms with E-state index >= 15 is 0 Å². The summed E-state index contributed by atoms with van der Waals surface area (Å²) in [6, 6.07) is 16.1. The Morgan fingerprint density at radius 3 is 2.26 bits per heavy atom. The molecule has 2 aliphatic rings. The first-order valence-electron chi connectivity index (χ1n) is 11.2. The van der Waals surface area contributed by atoms with Crippen molar-refractivity contribution in [3.05, 3.63) is 59.7 Å². The molecule has 3 aromatic rings. The van der Waals surface area contributed by atoms with Gasteiger partial charge in [-0.25, -0.2) is 0 Å². The third-order valence-corrected chi connectivity index (χ3v) is 6.48. The fraction of sp³-hybridized carbons (Fsp3) is 0.400. The standard InChI is InChI=1S/C25H28N4O2/c1-18-5-4-6-21(17-18)24-27-26-23(31-24)19-7-9-20(10-8-19)25(30)29-15-11-22(12-16-29)28-13-2-3-14-28/h4-10,17,22H,2-3,11-16H2,1H3. The van der Waals surface area contributed by atoms with Crippen LogP contribution in [-0.4, -0.2) is 58.1 Å². The van der Waals surface area contributed by atoms with Crippen molar-refractivity contribution in [2.45, 2.75) is 38.6 Å². The highest BCUT2D eigenvalue weighted by molar-refractivity contribution is 5.94. The zero-order chi connectivity index (χ0) is 21.2. The molecule has 2 saturated heterocycles. The number of rotatable bonds is 4. The minimum absolute atomic E-state index is 0.109. The smallest absolute Gasteiger partial charge is 0.253 e. The van der Waals surface area contributed by atoms with Gasteiger partial charge in [-0.1, -0.05) is 17.7 Å². The van der Waals surface area contributed by atoms with Gasteiger partial charge in [-0.3, -0.25) is 4.79 Å². The predicted molar refractivity (Wildman–Crippen MR) is 120 cm³/mol. The second-order valence-electron chi connectivity index (χ2n) is 8.63. The Morgan fingerprint density at radius 1 is 0.903 bits per heavy atom. The summed E-state index contributed by atoms with van der Waals surface area (Å²) in [5.74, 6) is 1.07. The number of carbonyl (C=O) groups excluding carboxylic acids is 1. The molecule has 0 saturated carbocycles. The highest BCUT2D eigenvalue weighted by Crippen LogP contribution is 2.26. The topological polar surface area (TPSA) is 62.5 Å². The summed E-state index contributed by atoms with van der Waals surface area (Å²) in [7, 11) is 0. The van der Waals surface area contributed by atoms with Crippen molar-refractivity contribution in [3.63, 3.8) is 0 Å². The average molecular weight is 417 g/mol. The Morgan fingerprint density at radius 2 is 1.58 bits per heavy atom. The van der Waals surface area contributed by atoms with E-state index in [0.29, 0.717) is 23.4 Å². The molecule has 160 valence electrons. The minimum Gasteiger partial charge on any atom is -0.416 e. The molecule has 0 bridgehead atoms. The number of aryl methyl sites for hydroxylation is 1. The van der Waals surface area contributed by atoms with Crippen molar-refractivity contribution in [1.29, 1.82) is 0 Å². The molecule has 2 aliphatic heterocycles. The van der Waals surface area contributed by atoms with Gasteiger partial charge in [0.15, 0.2) is 0 Å². The predicted octanol–water partition coefficient (Wildman–Crippen LogP) is 4.41. The van der Waals surface area contributed by atoms with E-state index in [4.69, 9.17) is 4.42 Å². The van der Waals surface area contributed by atoms with Gasteiger partial charge in [0.2, 0.25) is 11.8 Å². The lowest BCUT2D eigenvalue weighted by Gasteiger charge is -2.36. The monoisotopic (exact) mass is 416 g/mol. The molecular weight excluding hydrogens is 388 g/mol. The summed E-state index contributed by atoms with van der Waals surface area (Å²) in [6.07, 6.45) is 4.79. The summed E-state index contributed by atoms with van der Waals surface area (Å²) in [5, 5.41) is 8.37. The van der Waals surface area contributed by atoms with Crippen LogP contribution in [0, 0.1) is 6.92 Å². The number of benzene rings is 2. The maximum Gasteiger partial charge on any atom is 0.253 e. The summed E-state index contributed by atoms with van der Waals surface area (Å²) in [5.41, 5.74) is 3.57. The van der Waals surface area contributed by atoms with E-state index in [0.717, 1.165) is 42.6 Å². The van der Waals surface area contributed by atoms with Crippen LogP contribution in [0.1, 0.15) is 41.6 Å². The zero-order valence-electron chi connectivity index (χ0n) is 18.0. The molecule has 31 heavy (non-hydrogen) atoms. The summed E-state index contributed by atoms with van der Waals surface area (Å²) in [4.78, 5) is 17.6. The quantitative estimate of drug-likeness (QED) is 0.630. The van der Waals surface area contributed by atoms with Crippen molar-refractivity contribution in [2.75, 3.05) is 26.2 Å². The number of aromatic nitrogens is 2. The molecule has 5 rings (SSSR count). The van der Waals surface area contributed by atoms with E-state index in [2.05, 4.69) is 15.1 Å². The number of amides is 1. The van der Waals surface area contributed by atoms with E-state index in [-0.39, 0.29) is 5.91 Å². The summed E-state index contributed by atoms with van der Waals surface area (Å²) in [6.45, 7) is 6.16. The van der Waals surface area contributed by atoms with Gasteiger partial charge in [-0.2, -0.15) is 0 Å². The molecule has 2 fully saturated rings. The molecule has 0 unspecified atom stereocenters. The second kappa shape index (κ2) is 8.63. The van der Waals surface area contributed by atoms with Crippen LogP contribution in [0.2, 0.25) is 0 Å². The van der Waals surface area contributed by atoms with Crippen LogP contribution in [0.4, 0.5) is 0 Å². The fourth-order valence-corrected chi connectivity index (χ4v) is 4.71. The van der Waals surface area contributed by atoms with Crippen LogP contribution in [0.3, 0.4) is 0 Å². The molecule has 0 aliphatic carbocycles. The number of hydrogen-bond donors (Lipinski definition) is 0. The normalized spacial score (nSPS) is 17.9. The van der Waals surface area contributed by atoms with Gasteiger partial charge in [0.05, 0.1) is 0 Å². The van der Waals surface area contributed by atoms with Crippen LogP contribution in [0.15, 0.2) is 52.9 Å². The van der Waals surface area contributed by atoms with Crippen molar-refractivity contribution in [1.82, 2.24) is 20.0 Å². The molecule has 1 amide bonds. The van der Waals surface area contributed by atoms with E-state index in [9.17, 15) is 4.79 Å². The van der Waals surface area contributed by atoms with Gasteiger partial charge >= 0.3 is 0 Å². The maximum absolute atomic E-state index is 13.0. The van der Waals surface area contributed by atoms with Crippen molar-refractivity contribution < 1.29 is 9.21 Å². The Kier molecular flexibility index (Phi) is 5.55. The number of carbonyl (C=O) groups is 1. The Balaban J connectivity index is 1.23.